The number of nitriles is 1. The Hall–Kier alpha value is -1.55. The molecule has 1 aromatic rings. The van der Waals surface area contributed by atoms with Crippen LogP contribution in [-0.2, 0) is 6.18 Å². The zero-order valence-corrected chi connectivity index (χ0v) is 11.5. The number of carbonyl (C=O) groups excluding carboxylic acids is 1. The molecule has 0 heterocycles. The fourth-order valence-electron chi connectivity index (χ4n) is 1.37. The minimum Gasteiger partial charge on any atom is -0.349 e. The standard InChI is InChI=1S/C12H10BrF3N2O/c1-7(4-5-17)18-11(19)9-6-8(12(14,15)16)2-3-10(9)13/h2-3,6-7H,4H2,1H3,(H,18,19). The molecule has 0 saturated heterocycles. The molecule has 3 nitrogen and oxygen atoms in total. The van der Waals surface area contributed by atoms with Gasteiger partial charge in [-0.15, -0.1) is 0 Å². The molecule has 0 aliphatic rings. The summed E-state index contributed by atoms with van der Waals surface area (Å²) in [5.74, 6) is -0.652. The fourth-order valence-corrected chi connectivity index (χ4v) is 1.79. The van der Waals surface area contributed by atoms with E-state index in [9.17, 15) is 18.0 Å². The van der Waals surface area contributed by atoms with Crippen molar-refractivity contribution in [1.29, 1.82) is 5.26 Å². The Morgan fingerprint density at radius 1 is 1.53 bits per heavy atom. The molecule has 0 radical (unpaired) electrons. The molecule has 7 heteroatoms. The van der Waals surface area contributed by atoms with Gasteiger partial charge in [0.15, 0.2) is 0 Å². The van der Waals surface area contributed by atoms with Crippen LogP contribution in [0.3, 0.4) is 0 Å². The molecule has 102 valence electrons. The Labute approximate surface area is 116 Å². The molecule has 0 saturated carbocycles. The van der Waals surface area contributed by atoms with Crippen molar-refractivity contribution >= 4 is 21.8 Å². The van der Waals surface area contributed by atoms with E-state index < -0.39 is 23.7 Å². The van der Waals surface area contributed by atoms with Gasteiger partial charge in [-0.3, -0.25) is 4.79 Å². The Bertz CT molecular complexity index is 523. The van der Waals surface area contributed by atoms with Gasteiger partial charge in [0.05, 0.1) is 23.6 Å². The average Bonchev–Trinajstić information content (AvgIpc) is 2.27. The minimum absolute atomic E-state index is 0.0856. The highest BCUT2D eigenvalue weighted by atomic mass is 79.9. The van der Waals surface area contributed by atoms with Crippen LogP contribution in [0.25, 0.3) is 0 Å². The number of carbonyl (C=O) groups is 1. The number of nitrogens with one attached hydrogen (secondary N) is 1. The molecule has 0 spiro atoms. The second-order valence-electron chi connectivity index (χ2n) is 3.93. The van der Waals surface area contributed by atoms with E-state index in [0.717, 1.165) is 12.1 Å². The van der Waals surface area contributed by atoms with Crippen LogP contribution in [0, 0.1) is 11.3 Å². The summed E-state index contributed by atoms with van der Waals surface area (Å²) < 4.78 is 37.9. The lowest BCUT2D eigenvalue weighted by molar-refractivity contribution is -0.137. The van der Waals surface area contributed by atoms with Crippen LogP contribution in [0.1, 0.15) is 29.3 Å². The number of amides is 1. The first-order valence-electron chi connectivity index (χ1n) is 5.30. The minimum atomic E-state index is -4.51. The van der Waals surface area contributed by atoms with Crippen LogP contribution in [0.2, 0.25) is 0 Å². The number of hydrogen-bond donors (Lipinski definition) is 1. The highest BCUT2D eigenvalue weighted by Gasteiger charge is 2.31. The number of nitrogens with zero attached hydrogens (tertiary/aromatic N) is 1. The molecule has 0 aliphatic carbocycles. The third-order valence-corrected chi connectivity index (χ3v) is 3.00. The van der Waals surface area contributed by atoms with Crippen molar-refractivity contribution in [2.75, 3.05) is 0 Å². The summed E-state index contributed by atoms with van der Waals surface area (Å²) in [7, 11) is 0. The van der Waals surface area contributed by atoms with E-state index in [1.54, 1.807) is 6.92 Å². The van der Waals surface area contributed by atoms with Gasteiger partial charge >= 0.3 is 6.18 Å². The maximum Gasteiger partial charge on any atom is 0.416 e. The lowest BCUT2D eigenvalue weighted by atomic mass is 10.1. The predicted octanol–water partition coefficient (Wildman–Crippen LogP) is 3.50. The summed E-state index contributed by atoms with van der Waals surface area (Å²) in [4.78, 5) is 11.8. The lowest BCUT2D eigenvalue weighted by Gasteiger charge is -2.13. The van der Waals surface area contributed by atoms with Crippen LogP contribution in [0.4, 0.5) is 13.2 Å². The Kier molecular flexibility index (Phi) is 4.95. The number of rotatable bonds is 3. The monoisotopic (exact) mass is 334 g/mol. The topological polar surface area (TPSA) is 52.9 Å². The molecule has 1 amide bonds. The molecular weight excluding hydrogens is 325 g/mol. The fraction of sp³-hybridized carbons (Fsp3) is 0.333. The third-order valence-electron chi connectivity index (χ3n) is 2.31. The average molecular weight is 335 g/mol. The van der Waals surface area contributed by atoms with Crippen molar-refractivity contribution in [2.45, 2.75) is 25.6 Å². The molecular formula is C12H10BrF3N2O. The van der Waals surface area contributed by atoms with Gasteiger partial charge in [-0.2, -0.15) is 18.4 Å². The Morgan fingerprint density at radius 2 is 2.16 bits per heavy atom. The summed E-state index contributed by atoms with van der Waals surface area (Å²) in [5.41, 5.74) is -1.01. The number of alkyl halides is 3. The summed E-state index contributed by atoms with van der Waals surface area (Å²) in [6.45, 7) is 1.60. The lowest BCUT2D eigenvalue weighted by Crippen LogP contribution is -2.32. The largest absolute Gasteiger partial charge is 0.416 e. The molecule has 0 aliphatic heterocycles. The van der Waals surface area contributed by atoms with Gasteiger partial charge in [0.2, 0.25) is 0 Å². The van der Waals surface area contributed by atoms with Gasteiger partial charge in [-0.05, 0) is 41.1 Å². The van der Waals surface area contributed by atoms with Gasteiger partial charge in [0.1, 0.15) is 0 Å². The van der Waals surface area contributed by atoms with E-state index in [4.69, 9.17) is 5.26 Å². The molecule has 1 N–H and O–H groups in total. The quantitative estimate of drug-likeness (QED) is 0.919. The summed E-state index contributed by atoms with van der Waals surface area (Å²) in [6, 6.07) is 4.27. The highest BCUT2D eigenvalue weighted by molar-refractivity contribution is 9.10. The summed E-state index contributed by atoms with van der Waals surface area (Å²) >= 11 is 3.03. The van der Waals surface area contributed by atoms with E-state index in [2.05, 4.69) is 21.2 Å². The van der Waals surface area contributed by atoms with Gasteiger partial charge in [-0.25, -0.2) is 0 Å². The molecule has 0 fully saturated rings. The Morgan fingerprint density at radius 3 is 2.68 bits per heavy atom. The molecule has 19 heavy (non-hydrogen) atoms. The Balaban J connectivity index is 3.00. The van der Waals surface area contributed by atoms with Crippen LogP contribution in [0.5, 0.6) is 0 Å². The molecule has 1 atom stereocenters. The van der Waals surface area contributed by atoms with Gasteiger partial charge in [-0.1, -0.05) is 0 Å². The van der Waals surface area contributed by atoms with E-state index in [0.29, 0.717) is 0 Å². The third kappa shape index (κ3) is 4.24. The molecule has 0 bridgehead atoms. The maximum absolute atomic E-state index is 12.6. The first-order chi connectivity index (χ1) is 8.75. The number of halogens is 4. The maximum atomic E-state index is 12.6. The van der Waals surface area contributed by atoms with Crippen LogP contribution < -0.4 is 5.32 Å². The van der Waals surface area contributed by atoms with Crippen LogP contribution in [-0.4, -0.2) is 11.9 Å². The molecule has 1 aromatic carbocycles. The van der Waals surface area contributed by atoms with Gasteiger partial charge in [0.25, 0.3) is 5.91 Å². The predicted molar refractivity (Wildman–Crippen MR) is 66.3 cm³/mol. The first kappa shape index (κ1) is 15.5. The smallest absolute Gasteiger partial charge is 0.349 e. The second-order valence-corrected chi connectivity index (χ2v) is 4.78. The van der Waals surface area contributed by atoms with Crippen LogP contribution in [0.15, 0.2) is 22.7 Å². The van der Waals surface area contributed by atoms with Crippen molar-refractivity contribution in [3.8, 4) is 6.07 Å². The van der Waals surface area contributed by atoms with E-state index in [-0.39, 0.29) is 16.5 Å². The van der Waals surface area contributed by atoms with Crippen molar-refractivity contribution in [2.24, 2.45) is 0 Å². The van der Waals surface area contributed by atoms with E-state index >= 15 is 0 Å². The summed E-state index contributed by atoms with van der Waals surface area (Å²) in [6.07, 6.45) is -4.42. The zero-order valence-electron chi connectivity index (χ0n) is 9.88. The molecule has 0 aromatic heterocycles. The highest BCUT2D eigenvalue weighted by Crippen LogP contribution is 2.31. The van der Waals surface area contributed by atoms with Crippen LogP contribution >= 0.6 is 15.9 Å². The van der Waals surface area contributed by atoms with Gasteiger partial charge in [0, 0.05) is 10.5 Å². The normalized spacial score (nSPS) is 12.6. The molecule has 1 unspecified atom stereocenters. The SMILES string of the molecule is CC(CC#N)NC(=O)c1cc(C(F)(F)F)ccc1Br. The first-order valence-corrected chi connectivity index (χ1v) is 6.09. The van der Waals surface area contributed by atoms with Crippen molar-refractivity contribution in [3.05, 3.63) is 33.8 Å². The second kappa shape index (κ2) is 6.06. The van der Waals surface area contributed by atoms with Crippen molar-refractivity contribution in [1.82, 2.24) is 5.32 Å². The van der Waals surface area contributed by atoms with E-state index in [1.807, 2.05) is 6.07 Å². The number of benzene rings is 1. The molecule has 1 rings (SSSR count). The van der Waals surface area contributed by atoms with Crippen molar-refractivity contribution in [3.63, 3.8) is 0 Å². The number of hydrogen-bond acceptors (Lipinski definition) is 2. The van der Waals surface area contributed by atoms with Gasteiger partial charge < -0.3 is 5.32 Å². The summed E-state index contributed by atoms with van der Waals surface area (Å²) in [5, 5.41) is 10.9. The van der Waals surface area contributed by atoms with Crippen molar-refractivity contribution < 1.29 is 18.0 Å². The van der Waals surface area contributed by atoms with E-state index in [1.165, 1.54) is 6.07 Å². The zero-order chi connectivity index (χ0) is 14.6.